The third-order valence-corrected chi connectivity index (χ3v) is 9.16. The normalized spacial score (nSPS) is 13.1. The van der Waals surface area contributed by atoms with Crippen LogP contribution in [0.3, 0.4) is 0 Å². The molecule has 0 bridgehead atoms. The molecule has 41 heavy (non-hydrogen) atoms. The Morgan fingerprint density at radius 2 is 1.73 bits per heavy atom. The molecule has 0 aliphatic heterocycles. The smallest absolute Gasteiger partial charge is 0.303 e. The molecule has 4 nitrogen and oxygen atoms in total. The third kappa shape index (κ3) is 8.93. The monoisotopic (exact) mass is 587 g/mol. The van der Waals surface area contributed by atoms with E-state index in [1.165, 1.54) is 5.56 Å². The van der Waals surface area contributed by atoms with Crippen molar-refractivity contribution >= 4 is 52.4 Å². The van der Waals surface area contributed by atoms with Crippen LogP contribution >= 0.6 is 23.4 Å². The van der Waals surface area contributed by atoms with Gasteiger partial charge < -0.3 is 10.2 Å². The number of carboxylic acids is 1. The molecule has 1 unspecified atom stereocenters. The van der Waals surface area contributed by atoms with Crippen molar-refractivity contribution in [3.05, 3.63) is 112 Å². The van der Waals surface area contributed by atoms with Crippen LogP contribution in [0.5, 0.6) is 0 Å². The summed E-state index contributed by atoms with van der Waals surface area (Å²) in [6.07, 6.45) is 5.88. The van der Waals surface area contributed by atoms with Crippen molar-refractivity contribution < 1.29 is 15.0 Å². The van der Waals surface area contributed by atoms with E-state index in [0.717, 1.165) is 51.9 Å². The average molecular weight is 588 g/mol. The summed E-state index contributed by atoms with van der Waals surface area (Å²) in [5, 5.41) is 22.0. The largest absolute Gasteiger partial charge is 0.481 e. The average Bonchev–Trinajstić information content (AvgIpc) is 2.90. The number of nitrogens with zero attached hydrogens (tertiary/aromatic N) is 1. The predicted molar refractivity (Wildman–Crippen MR) is 173 cm³/mol. The van der Waals surface area contributed by atoms with Crippen molar-refractivity contribution in [1.29, 1.82) is 0 Å². The number of halogens is 1. The lowest BCUT2D eigenvalue weighted by atomic mass is 9.90. The van der Waals surface area contributed by atoms with Gasteiger partial charge in [0.05, 0.1) is 23.2 Å². The Morgan fingerprint density at radius 1 is 0.976 bits per heavy atom. The number of aliphatic carboxylic acids is 1. The maximum absolute atomic E-state index is 11.4. The van der Waals surface area contributed by atoms with Crippen LogP contribution in [0.4, 0.5) is 0 Å². The van der Waals surface area contributed by atoms with Gasteiger partial charge in [0.1, 0.15) is 0 Å². The Balaban J connectivity index is 1.58. The molecule has 0 aliphatic rings. The zero-order valence-electron chi connectivity index (χ0n) is 24.1. The summed E-state index contributed by atoms with van der Waals surface area (Å²) < 4.78 is 0. The lowest BCUT2D eigenvalue weighted by Crippen LogP contribution is -2.20. The summed E-state index contributed by atoms with van der Waals surface area (Å²) in [5.41, 5.74) is 4.81. The SMILES string of the molecule is CC(C)(CSC(CCc1ccccc1C(C)(C)O)c1cccc(/C=C/c2ccc3ccc(Cl)cc3n2)c1)CC(=O)O. The lowest BCUT2D eigenvalue weighted by molar-refractivity contribution is -0.138. The fraction of sp³-hybridized carbons (Fsp3) is 0.314. The van der Waals surface area contributed by atoms with E-state index >= 15 is 0 Å². The first kappa shape index (κ1) is 30.8. The molecule has 0 fully saturated rings. The number of pyridine rings is 1. The van der Waals surface area contributed by atoms with E-state index in [1.807, 2.05) is 94.1 Å². The number of aromatic nitrogens is 1. The minimum absolute atomic E-state index is 0.126. The summed E-state index contributed by atoms with van der Waals surface area (Å²) in [4.78, 5) is 16.2. The third-order valence-electron chi connectivity index (χ3n) is 7.06. The Labute approximate surface area is 252 Å². The number of benzene rings is 3. The number of fused-ring (bicyclic) bond motifs is 1. The molecule has 3 aromatic carbocycles. The van der Waals surface area contributed by atoms with E-state index < -0.39 is 11.6 Å². The number of hydrogen-bond acceptors (Lipinski definition) is 4. The first-order valence-corrected chi connectivity index (χ1v) is 15.3. The summed E-state index contributed by atoms with van der Waals surface area (Å²) >= 11 is 7.97. The molecule has 1 heterocycles. The highest BCUT2D eigenvalue weighted by Crippen LogP contribution is 2.39. The number of carboxylic acid groups (broad SMARTS) is 1. The molecule has 0 radical (unpaired) electrons. The Bertz CT molecular complexity index is 1540. The molecule has 0 saturated carbocycles. The van der Waals surface area contributed by atoms with Crippen LogP contribution in [0.1, 0.15) is 73.7 Å². The van der Waals surface area contributed by atoms with Gasteiger partial charge in [-0.05, 0) is 84.4 Å². The van der Waals surface area contributed by atoms with Crippen LogP contribution in [0.2, 0.25) is 5.02 Å². The van der Waals surface area contributed by atoms with E-state index in [9.17, 15) is 15.0 Å². The summed E-state index contributed by atoms with van der Waals surface area (Å²) in [7, 11) is 0. The van der Waals surface area contributed by atoms with Gasteiger partial charge in [0.15, 0.2) is 0 Å². The summed E-state index contributed by atoms with van der Waals surface area (Å²) in [5.74, 6) is -0.0521. The van der Waals surface area contributed by atoms with Gasteiger partial charge in [-0.25, -0.2) is 4.98 Å². The lowest BCUT2D eigenvalue weighted by Gasteiger charge is -2.27. The van der Waals surface area contributed by atoms with E-state index in [2.05, 4.69) is 36.4 Å². The Morgan fingerprint density at radius 3 is 2.49 bits per heavy atom. The number of hydrogen-bond donors (Lipinski definition) is 2. The van der Waals surface area contributed by atoms with Crippen molar-refractivity contribution in [3.63, 3.8) is 0 Å². The molecule has 0 spiro atoms. The number of carbonyl (C=O) groups is 1. The molecule has 0 saturated heterocycles. The van der Waals surface area contributed by atoms with Gasteiger partial charge in [-0.1, -0.05) is 92.2 Å². The fourth-order valence-corrected chi connectivity index (χ4v) is 6.54. The molecule has 1 atom stereocenters. The van der Waals surface area contributed by atoms with Gasteiger partial charge >= 0.3 is 5.97 Å². The molecule has 6 heteroatoms. The topological polar surface area (TPSA) is 70.4 Å². The zero-order chi connectivity index (χ0) is 29.6. The molecule has 0 aliphatic carbocycles. The van der Waals surface area contributed by atoms with Crippen LogP contribution in [0.25, 0.3) is 23.1 Å². The van der Waals surface area contributed by atoms with Gasteiger partial charge in [-0.2, -0.15) is 11.8 Å². The highest BCUT2D eigenvalue weighted by Gasteiger charge is 2.25. The second-order valence-electron chi connectivity index (χ2n) is 11.9. The minimum Gasteiger partial charge on any atom is -0.481 e. The van der Waals surface area contributed by atoms with Crippen LogP contribution < -0.4 is 0 Å². The summed E-state index contributed by atoms with van der Waals surface area (Å²) in [6, 6.07) is 26.3. The highest BCUT2D eigenvalue weighted by molar-refractivity contribution is 7.99. The quantitative estimate of drug-likeness (QED) is 0.173. The second-order valence-corrected chi connectivity index (χ2v) is 13.5. The van der Waals surface area contributed by atoms with Gasteiger partial charge in [0, 0.05) is 15.7 Å². The number of aliphatic hydroxyl groups is 1. The van der Waals surface area contributed by atoms with E-state index in [0.29, 0.717) is 5.02 Å². The fourth-order valence-electron chi connectivity index (χ4n) is 5.00. The Kier molecular flexibility index (Phi) is 9.96. The molecule has 2 N–H and O–H groups in total. The molecule has 214 valence electrons. The molecular formula is C35H38ClNO3S. The molecule has 4 rings (SSSR count). The van der Waals surface area contributed by atoms with Crippen LogP contribution in [-0.4, -0.2) is 26.9 Å². The maximum Gasteiger partial charge on any atom is 0.303 e. The highest BCUT2D eigenvalue weighted by atomic mass is 35.5. The van der Waals surface area contributed by atoms with E-state index in [-0.39, 0.29) is 17.1 Å². The molecule has 0 amide bonds. The van der Waals surface area contributed by atoms with Crippen LogP contribution in [0, 0.1) is 5.41 Å². The van der Waals surface area contributed by atoms with Gasteiger partial charge in [0.25, 0.3) is 0 Å². The minimum atomic E-state index is -0.921. The summed E-state index contributed by atoms with van der Waals surface area (Å²) in [6.45, 7) is 7.66. The zero-order valence-corrected chi connectivity index (χ0v) is 25.7. The Hall–Kier alpha value is -3.12. The number of thioether (sulfide) groups is 1. The first-order chi connectivity index (χ1) is 19.4. The van der Waals surface area contributed by atoms with E-state index in [1.54, 1.807) is 0 Å². The van der Waals surface area contributed by atoms with Crippen LogP contribution in [0.15, 0.2) is 78.9 Å². The molecular weight excluding hydrogens is 550 g/mol. The van der Waals surface area contributed by atoms with Crippen molar-refractivity contribution in [2.75, 3.05) is 5.75 Å². The van der Waals surface area contributed by atoms with Gasteiger partial charge in [-0.15, -0.1) is 0 Å². The first-order valence-electron chi connectivity index (χ1n) is 13.9. The second kappa shape index (κ2) is 13.2. The van der Waals surface area contributed by atoms with Crippen molar-refractivity contribution in [2.45, 2.75) is 57.8 Å². The predicted octanol–water partition coefficient (Wildman–Crippen LogP) is 9.19. The number of aryl methyl sites for hydroxylation is 1. The molecule has 1 aromatic heterocycles. The maximum atomic E-state index is 11.4. The van der Waals surface area contributed by atoms with Crippen molar-refractivity contribution in [2.24, 2.45) is 5.41 Å². The van der Waals surface area contributed by atoms with Gasteiger partial charge in [0.2, 0.25) is 0 Å². The van der Waals surface area contributed by atoms with Crippen LogP contribution in [-0.2, 0) is 16.8 Å². The van der Waals surface area contributed by atoms with E-state index in [4.69, 9.17) is 16.6 Å². The van der Waals surface area contributed by atoms with Crippen molar-refractivity contribution in [3.8, 4) is 0 Å². The molecule has 4 aromatic rings. The number of rotatable bonds is 12. The van der Waals surface area contributed by atoms with Gasteiger partial charge in [-0.3, -0.25) is 4.79 Å². The van der Waals surface area contributed by atoms with Crippen molar-refractivity contribution in [1.82, 2.24) is 4.98 Å². The standard InChI is InChI=1S/C35H38ClNO3S/c1-34(2,22-33(38)39)23-41-32(19-15-25-9-5-6-11-30(25)35(3,4)40)27-10-7-8-24(20-27)12-17-29-18-14-26-13-16-28(36)21-31(26)37-29/h5-14,16-18,20-21,32,40H,15,19,22-23H2,1-4H3,(H,38,39)/b17-12+.